The van der Waals surface area contributed by atoms with Gasteiger partial charge in [0, 0.05) is 11.5 Å². The van der Waals surface area contributed by atoms with Gasteiger partial charge in [-0.2, -0.15) is 9.61 Å². The number of rotatable bonds is 2. The molecule has 1 saturated carbocycles. The Balaban J connectivity index is 1.78. The first-order valence-corrected chi connectivity index (χ1v) is 7.05. The summed E-state index contributed by atoms with van der Waals surface area (Å²) < 4.78 is 1.79. The molecule has 0 saturated heterocycles. The largest absolute Gasteiger partial charge is 0.272 e. The zero-order valence-electron chi connectivity index (χ0n) is 11.1. The van der Waals surface area contributed by atoms with Crippen molar-refractivity contribution in [3.05, 3.63) is 42.4 Å². The van der Waals surface area contributed by atoms with Crippen molar-refractivity contribution in [1.29, 1.82) is 0 Å². The highest BCUT2D eigenvalue weighted by molar-refractivity contribution is 5.59. The molecular formula is C15H15N5. The summed E-state index contributed by atoms with van der Waals surface area (Å²) >= 11 is 0. The standard InChI is InChI=1S/C15H15N5/c1-2-6-11(7-3-1)13-10-16-20-14(12-8-4-5-9-12)18-19-15(20)17-13/h1-3,6-7,10,12H,4-5,8-9H2. The third-order valence-corrected chi connectivity index (χ3v) is 3.95. The third-order valence-electron chi connectivity index (χ3n) is 3.95. The van der Waals surface area contributed by atoms with Crippen LogP contribution in [0.25, 0.3) is 17.0 Å². The maximum absolute atomic E-state index is 4.56. The predicted octanol–water partition coefficient (Wildman–Crippen LogP) is 2.84. The first-order chi connectivity index (χ1) is 9.92. The molecule has 0 aliphatic heterocycles. The third kappa shape index (κ3) is 1.86. The Bertz CT molecular complexity index is 728. The van der Waals surface area contributed by atoms with Crippen LogP contribution in [0, 0.1) is 0 Å². The molecule has 100 valence electrons. The highest BCUT2D eigenvalue weighted by Crippen LogP contribution is 2.32. The Hall–Kier alpha value is -2.30. The lowest BCUT2D eigenvalue weighted by Crippen LogP contribution is -2.04. The van der Waals surface area contributed by atoms with E-state index >= 15 is 0 Å². The summed E-state index contributed by atoms with van der Waals surface area (Å²) in [4.78, 5) is 4.56. The second-order valence-corrected chi connectivity index (χ2v) is 5.26. The number of hydrogen-bond donors (Lipinski definition) is 0. The van der Waals surface area contributed by atoms with Crippen molar-refractivity contribution in [2.45, 2.75) is 31.6 Å². The van der Waals surface area contributed by atoms with Crippen LogP contribution in [0.4, 0.5) is 0 Å². The van der Waals surface area contributed by atoms with Crippen LogP contribution in [0.15, 0.2) is 36.5 Å². The number of hydrogen-bond acceptors (Lipinski definition) is 4. The average Bonchev–Trinajstić information content (AvgIpc) is 3.16. The second kappa shape index (κ2) is 4.67. The van der Waals surface area contributed by atoms with Gasteiger partial charge in [-0.3, -0.25) is 0 Å². The molecule has 5 heteroatoms. The van der Waals surface area contributed by atoms with Crippen molar-refractivity contribution >= 4 is 5.78 Å². The fourth-order valence-electron chi connectivity index (χ4n) is 2.90. The van der Waals surface area contributed by atoms with Crippen LogP contribution in [0.2, 0.25) is 0 Å². The summed E-state index contributed by atoms with van der Waals surface area (Å²) in [5.41, 5.74) is 1.89. The molecule has 5 nitrogen and oxygen atoms in total. The molecule has 0 spiro atoms. The zero-order chi connectivity index (χ0) is 13.4. The first kappa shape index (κ1) is 11.5. The highest BCUT2D eigenvalue weighted by atomic mass is 15.4. The molecule has 0 atom stereocenters. The summed E-state index contributed by atoms with van der Waals surface area (Å²) in [6.07, 6.45) is 6.71. The maximum atomic E-state index is 4.56. The summed E-state index contributed by atoms with van der Waals surface area (Å²) in [5, 5.41) is 13.0. The lowest BCUT2D eigenvalue weighted by molar-refractivity contribution is 0.637. The van der Waals surface area contributed by atoms with Crippen molar-refractivity contribution in [2.75, 3.05) is 0 Å². The van der Waals surface area contributed by atoms with Crippen molar-refractivity contribution in [3.63, 3.8) is 0 Å². The van der Waals surface area contributed by atoms with E-state index in [4.69, 9.17) is 0 Å². The van der Waals surface area contributed by atoms with Crippen LogP contribution in [0.3, 0.4) is 0 Å². The van der Waals surface area contributed by atoms with Gasteiger partial charge in [-0.15, -0.1) is 10.2 Å². The Morgan fingerprint density at radius 3 is 2.60 bits per heavy atom. The van der Waals surface area contributed by atoms with Crippen LogP contribution in [-0.4, -0.2) is 24.8 Å². The minimum absolute atomic E-state index is 0.488. The fourth-order valence-corrected chi connectivity index (χ4v) is 2.90. The van der Waals surface area contributed by atoms with Gasteiger partial charge in [0.15, 0.2) is 5.82 Å². The van der Waals surface area contributed by atoms with E-state index in [9.17, 15) is 0 Å². The van der Waals surface area contributed by atoms with Gasteiger partial charge in [0.2, 0.25) is 0 Å². The van der Waals surface area contributed by atoms with Crippen LogP contribution in [-0.2, 0) is 0 Å². The Labute approximate surface area is 116 Å². The van der Waals surface area contributed by atoms with Crippen molar-refractivity contribution in [2.24, 2.45) is 0 Å². The van der Waals surface area contributed by atoms with Crippen LogP contribution >= 0.6 is 0 Å². The average molecular weight is 265 g/mol. The van der Waals surface area contributed by atoms with Gasteiger partial charge >= 0.3 is 0 Å². The molecule has 20 heavy (non-hydrogen) atoms. The van der Waals surface area contributed by atoms with E-state index < -0.39 is 0 Å². The van der Waals surface area contributed by atoms with E-state index in [1.165, 1.54) is 25.7 Å². The fraction of sp³-hybridized carbons (Fsp3) is 0.333. The molecule has 2 aromatic heterocycles. The molecule has 3 aromatic rings. The van der Waals surface area contributed by atoms with Crippen molar-refractivity contribution in [1.82, 2.24) is 24.8 Å². The SMILES string of the molecule is c1ccc(-c2cnn3c(C4CCCC4)nnc3n2)cc1. The Morgan fingerprint density at radius 2 is 1.80 bits per heavy atom. The topological polar surface area (TPSA) is 56.0 Å². The highest BCUT2D eigenvalue weighted by Gasteiger charge is 2.23. The lowest BCUT2D eigenvalue weighted by Gasteiger charge is -2.05. The summed E-state index contributed by atoms with van der Waals surface area (Å²) in [5.74, 6) is 2.04. The first-order valence-electron chi connectivity index (χ1n) is 7.05. The van der Waals surface area contributed by atoms with Crippen molar-refractivity contribution < 1.29 is 0 Å². The van der Waals surface area contributed by atoms with Crippen molar-refractivity contribution in [3.8, 4) is 11.3 Å². The van der Waals surface area contributed by atoms with E-state index in [2.05, 4.69) is 20.3 Å². The second-order valence-electron chi connectivity index (χ2n) is 5.26. The molecule has 0 amide bonds. The van der Waals surface area contributed by atoms with E-state index in [1.54, 1.807) is 10.7 Å². The molecule has 1 aromatic carbocycles. The maximum Gasteiger partial charge on any atom is 0.272 e. The van der Waals surface area contributed by atoms with Gasteiger partial charge in [0.25, 0.3) is 5.78 Å². The molecule has 0 radical (unpaired) electrons. The van der Waals surface area contributed by atoms with E-state index in [-0.39, 0.29) is 0 Å². The van der Waals surface area contributed by atoms with Gasteiger partial charge in [0.05, 0.1) is 11.9 Å². The van der Waals surface area contributed by atoms with Gasteiger partial charge < -0.3 is 0 Å². The summed E-state index contributed by atoms with van der Waals surface area (Å²) in [6.45, 7) is 0. The van der Waals surface area contributed by atoms with Gasteiger partial charge in [-0.25, -0.2) is 4.98 Å². The molecule has 0 bridgehead atoms. The molecule has 0 N–H and O–H groups in total. The van der Waals surface area contributed by atoms with Gasteiger partial charge in [0.1, 0.15) is 0 Å². The summed E-state index contributed by atoms with van der Waals surface area (Å²) in [7, 11) is 0. The molecule has 4 rings (SSSR count). The Kier molecular flexibility index (Phi) is 2.69. The van der Waals surface area contributed by atoms with E-state index in [0.29, 0.717) is 11.7 Å². The van der Waals surface area contributed by atoms with E-state index in [0.717, 1.165) is 17.1 Å². The zero-order valence-corrected chi connectivity index (χ0v) is 11.1. The number of benzene rings is 1. The molecular weight excluding hydrogens is 250 g/mol. The monoisotopic (exact) mass is 265 g/mol. The molecule has 1 aliphatic rings. The normalized spacial score (nSPS) is 16.0. The minimum atomic E-state index is 0.488. The van der Waals surface area contributed by atoms with Crippen LogP contribution < -0.4 is 0 Å². The Morgan fingerprint density at radius 1 is 1.00 bits per heavy atom. The molecule has 1 aliphatic carbocycles. The molecule has 0 unspecified atom stereocenters. The molecule has 1 fully saturated rings. The number of aromatic nitrogens is 5. The summed E-state index contributed by atoms with van der Waals surface area (Å²) in [6, 6.07) is 10.0. The number of nitrogens with zero attached hydrogens (tertiary/aromatic N) is 5. The minimum Gasteiger partial charge on any atom is -0.208 e. The lowest BCUT2D eigenvalue weighted by atomic mass is 10.1. The van der Waals surface area contributed by atoms with Crippen LogP contribution in [0.1, 0.15) is 37.4 Å². The molecule has 2 heterocycles. The smallest absolute Gasteiger partial charge is 0.208 e. The van der Waals surface area contributed by atoms with Gasteiger partial charge in [-0.1, -0.05) is 43.2 Å². The van der Waals surface area contributed by atoms with Crippen LogP contribution in [0.5, 0.6) is 0 Å². The predicted molar refractivity (Wildman–Crippen MR) is 75.2 cm³/mol. The quantitative estimate of drug-likeness (QED) is 0.715. The van der Waals surface area contributed by atoms with Gasteiger partial charge in [-0.05, 0) is 12.8 Å². The number of fused-ring (bicyclic) bond motifs is 1. The van der Waals surface area contributed by atoms with E-state index in [1.807, 2.05) is 30.3 Å².